The first kappa shape index (κ1) is 21.8. The maximum atomic E-state index is 13.3. The van der Waals surface area contributed by atoms with Crippen LogP contribution in [0.4, 0.5) is 11.4 Å². The number of aromatic amines is 1. The average molecular weight is 459 g/mol. The Kier molecular flexibility index (Phi) is 5.39. The highest BCUT2D eigenvalue weighted by Crippen LogP contribution is 2.44. The Bertz CT molecular complexity index is 1280. The monoisotopic (exact) mass is 458 g/mol. The maximum absolute atomic E-state index is 13.3. The summed E-state index contributed by atoms with van der Waals surface area (Å²) in [4.78, 5) is 46.4. The van der Waals surface area contributed by atoms with Crippen molar-refractivity contribution in [2.45, 2.75) is 45.2 Å². The lowest BCUT2D eigenvalue weighted by atomic mass is 9.98. The molecule has 3 amide bonds. The topological polar surface area (TPSA) is 111 Å². The molecule has 1 saturated heterocycles. The molecule has 3 aromatic rings. The van der Waals surface area contributed by atoms with Crippen LogP contribution in [0.15, 0.2) is 48.5 Å². The highest BCUT2D eigenvalue weighted by molar-refractivity contribution is 6.10. The molecule has 0 saturated carbocycles. The molecule has 0 bridgehead atoms. The van der Waals surface area contributed by atoms with Gasteiger partial charge in [-0.05, 0) is 51.0 Å². The number of amides is 3. The highest BCUT2D eigenvalue weighted by Gasteiger charge is 2.52. The lowest BCUT2D eigenvalue weighted by Gasteiger charge is -2.48. The minimum atomic E-state index is -0.706. The molecular formula is C25H26N6O3. The summed E-state index contributed by atoms with van der Waals surface area (Å²) >= 11 is 0. The van der Waals surface area contributed by atoms with E-state index in [9.17, 15) is 14.4 Å². The maximum Gasteiger partial charge on any atom is 0.257 e. The molecule has 3 heterocycles. The standard InChI is InChI=1S/C25H26N6O3/c1-16-26-23(29-28-16)17-7-5-8-18(15-17)27-21(32)11-6-14-30-24(34)19-9-3-4-10-20(19)31-22(33)12-13-25(30,31)2/h3-5,7-10,15H,6,11-14H2,1-2H3,(H,27,32)(H,26,28,29). The molecule has 2 aliphatic heterocycles. The van der Waals surface area contributed by atoms with Gasteiger partial charge in [-0.3, -0.25) is 24.4 Å². The van der Waals surface area contributed by atoms with Crippen LogP contribution < -0.4 is 10.2 Å². The Morgan fingerprint density at radius 3 is 2.79 bits per heavy atom. The van der Waals surface area contributed by atoms with Crippen LogP contribution in [0.5, 0.6) is 0 Å². The van der Waals surface area contributed by atoms with E-state index in [1.165, 1.54) is 0 Å². The molecule has 0 spiro atoms. The zero-order chi connectivity index (χ0) is 23.9. The Morgan fingerprint density at radius 1 is 1.18 bits per heavy atom. The fourth-order valence-corrected chi connectivity index (χ4v) is 4.87. The number of nitrogens with zero attached hydrogens (tertiary/aromatic N) is 4. The van der Waals surface area contributed by atoms with Crippen molar-refractivity contribution in [1.29, 1.82) is 0 Å². The number of para-hydroxylation sites is 1. The fraction of sp³-hybridized carbons (Fsp3) is 0.320. The quantitative estimate of drug-likeness (QED) is 0.587. The molecule has 5 rings (SSSR count). The number of aryl methyl sites for hydroxylation is 1. The van der Waals surface area contributed by atoms with Crippen molar-refractivity contribution in [3.8, 4) is 11.4 Å². The van der Waals surface area contributed by atoms with Gasteiger partial charge in [0.05, 0.1) is 11.3 Å². The van der Waals surface area contributed by atoms with Gasteiger partial charge in [0.25, 0.3) is 5.91 Å². The molecule has 1 atom stereocenters. The Balaban J connectivity index is 1.25. The molecule has 2 aliphatic rings. The normalized spacial score (nSPS) is 19.2. The Hall–Kier alpha value is -4.01. The van der Waals surface area contributed by atoms with Gasteiger partial charge in [0.15, 0.2) is 5.82 Å². The van der Waals surface area contributed by atoms with Crippen molar-refractivity contribution in [3.63, 3.8) is 0 Å². The summed E-state index contributed by atoms with van der Waals surface area (Å²) in [6.45, 7) is 4.15. The third-order valence-corrected chi connectivity index (χ3v) is 6.53. The van der Waals surface area contributed by atoms with E-state index >= 15 is 0 Å². The summed E-state index contributed by atoms with van der Waals surface area (Å²) in [5.41, 5.74) is 1.96. The number of H-pyrrole nitrogens is 1. The van der Waals surface area contributed by atoms with Crippen LogP contribution in [0.3, 0.4) is 0 Å². The summed E-state index contributed by atoms with van der Waals surface area (Å²) in [5, 5.41) is 9.88. The Labute approximate surface area is 197 Å². The molecule has 1 unspecified atom stereocenters. The van der Waals surface area contributed by atoms with Crippen LogP contribution in [-0.4, -0.2) is 50.0 Å². The van der Waals surface area contributed by atoms with Crippen molar-refractivity contribution in [3.05, 3.63) is 59.9 Å². The number of benzene rings is 2. The van der Waals surface area contributed by atoms with E-state index in [4.69, 9.17) is 0 Å². The third kappa shape index (κ3) is 3.72. The summed E-state index contributed by atoms with van der Waals surface area (Å²) in [6.07, 6.45) is 1.71. The predicted molar refractivity (Wildman–Crippen MR) is 127 cm³/mol. The van der Waals surface area contributed by atoms with Crippen LogP contribution in [0.2, 0.25) is 0 Å². The second kappa shape index (κ2) is 8.40. The highest BCUT2D eigenvalue weighted by atomic mass is 16.2. The zero-order valence-electron chi connectivity index (χ0n) is 19.2. The first-order valence-corrected chi connectivity index (χ1v) is 11.4. The molecule has 2 N–H and O–H groups in total. The van der Waals surface area contributed by atoms with E-state index in [1.54, 1.807) is 21.9 Å². The molecule has 1 fully saturated rings. The van der Waals surface area contributed by atoms with Gasteiger partial charge < -0.3 is 10.2 Å². The summed E-state index contributed by atoms with van der Waals surface area (Å²) in [6, 6.07) is 14.6. The Morgan fingerprint density at radius 2 is 2.00 bits per heavy atom. The van der Waals surface area contributed by atoms with Gasteiger partial charge in [0, 0.05) is 30.6 Å². The zero-order valence-corrected chi connectivity index (χ0v) is 19.2. The third-order valence-electron chi connectivity index (χ3n) is 6.53. The second-order valence-electron chi connectivity index (χ2n) is 8.90. The molecular weight excluding hydrogens is 432 g/mol. The smallest absolute Gasteiger partial charge is 0.257 e. The van der Waals surface area contributed by atoms with Gasteiger partial charge in [-0.15, -0.1) is 0 Å². The number of nitrogens with one attached hydrogen (secondary N) is 2. The van der Waals surface area contributed by atoms with Gasteiger partial charge in [-0.25, -0.2) is 4.98 Å². The van der Waals surface area contributed by atoms with E-state index < -0.39 is 5.66 Å². The number of aromatic nitrogens is 3. The number of hydrogen-bond acceptors (Lipinski definition) is 5. The SMILES string of the molecule is Cc1nc(-c2cccc(NC(=O)CCCN3C(=O)c4ccccc4N4C(=O)CCC34C)c2)n[nH]1. The minimum Gasteiger partial charge on any atom is -0.326 e. The molecule has 174 valence electrons. The average Bonchev–Trinajstić information content (AvgIpc) is 3.39. The van der Waals surface area contributed by atoms with E-state index in [1.807, 2.05) is 50.2 Å². The molecule has 1 aromatic heterocycles. The largest absolute Gasteiger partial charge is 0.326 e. The van der Waals surface area contributed by atoms with Gasteiger partial charge in [0.2, 0.25) is 11.8 Å². The van der Waals surface area contributed by atoms with E-state index in [2.05, 4.69) is 20.5 Å². The van der Waals surface area contributed by atoms with Crippen LogP contribution in [0.25, 0.3) is 11.4 Å². The van der Waals surface area contributed by atoms with Gasteiger partial charge in [0.1, 0.15) is 11.5 Å². The van der Waals surface area contributed by atoms with Crippen LogP contribution >= 0.6 is 0 Å². The molecule has 2 aromatic carbocycles. The van der Waals surface area contributed by atoms with Crippen LogP contribution in [0.1, 0.15) is 48.8 Å². The number of hydrogen-bond donors (Lipinski definition) is 2. The fourth-order valence-electron chi connectivity index (χ4n) is 4.87. The number of carbonyl (C=O) groups is 3. The molecule has 9 heteroatoms. The van der Waals surface area contributed by atoms with Crippen molar-refractivity contribution >= 4 is 29.1 Å². The first-order chi connectivity index (χ1) is 16.4. The summed E-state index contributed by atoms with van der Waals surface area (Å²) in [5.74, 6) is 1.07. The minimum absolute atomic E-state index is 0.0201. The first-order valence-electron chi connectivity index (χ1n) is 11.4. The van der Waals surface area contributed by atoms with Crippen molar-refractivity contribution < 1.29 is 14.4 Å². The number of anilines is 2. The number of fused-ring (bicyclic) bond motifs is 3. The van der Waals surface area contributed by atoms with Gasteiger partial charge >= 0.3 is 0 Å². The van der Waals surface area contributed by atoms with Gasteiger partial charge in [-0.2, -0.15) is 5.10 Å². The number of carbonyl (C=O) groups excluding carboxylic acids is 3. The molecule has 0 radical (unpaired) electrons. The van der Waals surface area contributed by atoms with Crippen molar-refractivity contribution in [2.75, 3.05) is 16.8 Å². The number of rotatable bonds is 6. The second-order valence-corrected chi connectivity index (χ2v) is 8.90. The summed E-state index contributed by atoms with van der Waals surface area (Å²) < 4.78 is 0. The van der Waals surface area contributed by atoms with Gasteiger partial charge in [-0.1, -0.05) is 24.3 Å². The van der Waals surface area contributed by atoms with Crippen molar-refractivity contribution in [2.24, 2.45) is 0 Å². The van der Waals surface area contributed by atoms with E-state index in [-0.39, 0.29) is 24.1 Å². The lowest BCUT2D eigenvalue weighted by molar-refractivity contribution is -0.118. The predicted octanol–water partition coefficient (Wildman–Crippen LogP) is 3.50. The van der Waals surface area contributed by atoms with Crippen LogP contribution in [0, 0.1) is 6.92 Å². The van der Waals surface area contributed by atoms with E-state index in [0.29, 0.717) is 48.6 Å². The van der Waals surface area contributed by atoms with Crippen LogP contribution in [-0.2, 0) is 9.59 Å². The summed E-state index contributed by atoms with van der Waals surface area (Å²) in [7, 11) is 0. The molecule has 0 aliphatic carbocycles. The lowest BCUT2D eigenvalue weighted by Crippen LogP contribution is -2.62. The van der Waals surface area contributed by atoms with E-state index in [0.717, 1.165) is 11.4 Å². The molecule has 34 heavy (non-hydrogen) atoms. The molecule has 9 nitrogen and oxygen atoms in total. The van der Waals surface area contributed by atoms with Crippen molar-refractivity contribution in [1.82, 2.24) is 20.1 Å².